The first kappa shape index (κ1) is 19.2. The summed E-state index contributed by atoms with van der Waals surface area (Å²) in [7, 11) is 4.03. The molecule has 5 heteroatoms. The van der Waals surface area contributed by atoms with Crippen LogP contribution < -0.4 is 4.90 Å². The highest BCUT2D eigenvalue weighted by Gasteiger charge is 2.23. The lowest BCUT2D eigenvalue weighted by atomic mass is 10.1. The maximum absolute atomic E-state index is 13.0. The van der Waals surface area contributed by atoms with E-state index < -0.39 is 0 Å². The molecule has 144 valence electrons. The smallest absolute Gasteiger partial charge is 0.227 e. The zero-order valence-corrected chi connectivity index (χ0v) is 16.1. The molecule has 1 N–H and O–H groups in total. The molecule has 0 aliphatic carbocycles. The van der Waals surface area contributed by atoms with Crippen molar-refractivity contribution in [1.29, 1.82) is 0 Å². The molecular weight excluding hydrogens is 340 g/mol. The third kappa shape index (κ3) is 5.47. The van der Waals surface area contributed by atoms with Gasteiger partial charge >= 0.3 is 0 Å². The van der Waals surface area contributed by atoms with E-state index in [1.54, 1.807) is 24.3 Å². The van der Waals surface area contributed by atoms with E-state index in [0.717, 1.165) is 36.3 Å². The normalized spacial score (nSPS) is 16.3. The summed E-state index contributed by atoms with van der Waals surface area (Å²) in [5.41, 5.74) is 3.15. The van der Waals surface area contributed by atoms with Crippen LogP contribution in [0.1, 0.15) is 24.0 Å². The Bertz CT molecular complexity index is 735. The van der Waals surface area contributed by atoms with Crippen molar-refractivity contribution in [2.75, 3.05) is 32.1 Å². The van der Waals surface area contributed by atoms with E-state index in [4.69, 9.17) is 4.74 Å². The van der Waals surface area contributed by atoms with E-state index in [1.165, 1.54) is 0 Å². The van der Waals surface area contributed by atoms with Gasteiger partial charge in [0.25, 0.3) is 0 Å². The molecule has 0 saturated carbocycles. The quantitative estimate of drug-likeness (QED) is 0.815. The molecule has 1 atom stereocenters. The molecule has 3 rings (SSSR count). The maximum Gasteiger partial charge on any atom is 0.227 e. The summed E-state index contributed by atoms with van der Waals surface area (Å²) in [5, 5.41) is 9.43. The van der Waals surface area contributed by atoms with E-state index >= 15 is 0 Å². The summed E-state index contributed by atoms with van der Waals surface area (Å²) < 4.78 is 5.75. The highest BCUT2D eigenvalue weighted by Crippen LogP contribution is 2.19. The van der Waals surface area contributed by atoms with Gasteiger partial charge in [-0.05, 0) is 48.2 Å². The van der Waals surface area contributed by atoms with Crippen molar-refractivity contribution < 1.29 is 14.6 Å². The molecule has 0 spiro atoms. The lowest BCUT2D eigenvalue weighted by Crippen LogP contribution is -2.37. The van der Waals surface area contributed by atoms with E-state index in [-0.39, 0.29) is 17.8 Å². The fourth-order valence-electron chi connectivity index (χ4n) is 3.31. The zero-order valence-electron chi connectivity index (χ0n) is 16.1. The van der Waals surface area contributed by atoms with Crippen LogP contribution in [0.15, 0.2) is 48.5 Å². The first-order chi connectivity index (χ1) is 13.0. The number of carbonyl (C=O) groups excluding carboxylic acids is 1. The SMILES string of the molecule is CN(C)c1ccc(CN(CC2CCCO2)C(=O)Cc2ccc(O)cc2)cc1. The Morgan fingerprint density at radius 2 is 1.74 bits per heavy atom. The molecule has 1 aliphatic heterocycles. The molecule has 27 heavy (non-hydrogen) atoms. The molecule has 1 aliphatic rings. The minimum Gasteiger partial charge on any atom is -0.508 e. The summed E-state index contributed by atoms with van der Waals surface area (Å²) in [6.07, 6.45) is 2.50. The third-order valence-electron chi connectivity index (χ3n) is 4.92. The van der Waals surface area contributed by atoms with Crippen LogP contribution in [0.3, 0.4) is 0 Å². The van der Waals surface area contributed by atoms with Crippen LogP contribution in [0.4, 0.5) is 5.69 Å². The number of ether oxygens (including phenoxy) is 1. The lowest BCUT2D eigenvalue weighted by molar-refractivity contribution is -0.132. The van der Waals surface area contributed by atoms with Crippen molar-refractivity contribution in [2.24, 2.45) is 0 Å². The highest BCUT2D eigenvalue weighted by molar-refractivity contribution is 5.79. The lowest BCUT2D eigenvalue weighted by Gasteiger charge is -2.26. The van der Waals surface area contributed by atoms with Gasteiger partial charge in [-0.15, -0.1) is 0 Å². The monoisotopic (exact) mass is 368 g/mol. The molecule has 0 radical (unpaired) electrons. The van der Waals surface area contributed by atoms with Gasteiger partial charge in [0, 0.05) is 39.5 Å². The van der Waals surface area contributed by atoms with Gasteiger partial charge in [0.1, 0.15) is 5.75 Å². The number of amides is 1. The van der Waals surface area contributed by atoms with E-state index in [2.05, 4.69) is 29.2 Å². The number of carbonyl (C=O) groups is 1. The number of aromatic hydroxyl groups is 1. The molecule has 2 aromatic carbocycles. The van der Waals surface area contributed by atoms with Gasteiger partial charge in [-0.25, -0.2) is 0 Å². The van der Waals surface area contributed by atoms with Crippen LogP contribution in [0, 0.1) is 0 Å². The number of phenols is 1. The van der Waals surface area contributed by atoms with E-state index in [0.29, 0.717) is 19.5 Å². The molecule has 1 saturated heterocycles. The Morgan fingerprint density at radius 1 is 1.07 bits per heavy atom. The second-order valence-electron chi connectivity index (χ2n) is 7.31. The Kier molecular flexibility index (Phi) is 6.35. The van der Waals surface area contributed by atoms with Crippen molar-refractivity contribution in [2.45, 2.75) is 31.9 Å². The van der Waals surface area contributed by atoms with Crippen LogP contribution >= 0.6 is 0 Å². The minimum absolute atomic E-state index is 0.0767. The van der Waals surface area contributed by atoms with Crippen LogP contribution in [0.2, 0.25) is 0 Å². The molecule has 0 aromatic heterocycles. The van der Waals surface area contributed by atoms with Crippen molar-refractivity contribution in [3.63, 3.8) is 0 Å². The van der Waals surface area contributed by atoms with Gasteiger partial charge in [0.15, 0.2) is 0 Å². The average Bonchev–Trinajstić information content (AvgIpc) is 3.16. The Labute approximate surface area is 161 Å². The van der Waals surface area contributed by atoms with E-state index in [1.807, 2.05) is 19.0 Å². The minimum atomic E-state index is 0.0767. The molecule has 5 nitrogen and oxygen atoms in total. The summed E-state index contributed by atoms with van der Waals surface area (Å²) in [6.45, 7) is 1.97. The first-order valence-electron chi connectivity index (χ1n) is 9.45. The second-order valence-corrected chi connectivity index (χ2v) is 7.31. The van der Waals surface area contributed by atoms with Crippen molar-refractivity contribution in [3.05, 3.63) is 59.7 Å². The van der Waals surface area contributed by atoms with Gasteiger partial charge in [-0.3, -0.25) is 4.79 Å². The molecule has 1 heterocycles. The summed E-state index contributed by atoms with van der Waals surface area (Å²) in [6, 6.07) is 15.1. The van der Waals surface area contributed by atoms with Gasteiger partial charge < -0.3 is 19.6 Å². The first-order valence-corrected chi connectivity index (χ1v) is 9.45. The average molecular weight is 368 g/mol. The number of hydrogen-bond acceptors (Lipinski definition) is 4. The summed E-state index contributed by atoms with van der Waals surface area (Å²) in [5.74, 6) is 0.288. The van der Waals surface area contributed by atoms with Crippen molar-refractivity contribution in [3.8, 4) is 5.75 Å². The molecule has 2 aromatic rings. The van der Waals surface area contributed by atoms with Gasteiger partial charge in [0.05, 0.1) is 12.5 Å². The molecular formula is C22H28N2O3. The fraction of sp³-hybridized carbons (Fsp3) is 0.409. The van der Waals surface area contributed by atoms with E-state index in [9.17, 15) is 9.90 Å². The second kappa shape index (κ2) is 8.91. The number of rotatable bonds is 7. The number of benzene rings is 2. The predicted molar refractivity (Wildman–Crippen MR) is 107 cm³/mol. The number of hydrogen-bond donors (Lipinski definition) is 1. The van der Waals surface area contributed by atoms with Gasteiger partial charge in [-0.2, -0.15) is 0 Å². The van der Waals surface area contributed by atoms with Crippen LogP contribution in [0.25, 0.3) is 0 Å². The third-order valence-corrected chi connectivity index (χ3v) is 4.92. The number of anilines is 1. The summed E-state index contributed by atoms with van der Waals surface area (Å²) >= 11 is 0. The topological polar surface area (TPSA) is 53.0 Å². The summed E-state index contributed by atoms with van der Waals surface area (Å²) in [4.78, 5) is 16.9. The van der Waals surface area contributed by atoms with Crippen LogP contribution in [-0.2, 0) is 22.5 Å². The Hall–Kier alpha value is -2.53. The van der Waals surface area contributed by atoms with Crippen LogP contribution in [0.5, 0.6) is 5.75 Å². The van der Waals surface area contributed by atoms with Crippen LogP contribution in [-0.4, -0.2) is 49.3 Å². The number of phenolic OH excluding ortho intramolecular Hbond substituents is 1. The largest absolute Gasteiger partial charge is 0.508 e. The Morgan fingerprint density at radius 3 is 2.33 bits per heavy atom. The van der Waals surface area contributed by atoms with Gasteiger partial charge in [0.2, 0.25) is 5.91 Å². The zero-order chi connectivity index (χ0) is 19.2. The van der Waals surface area contributed by atoms with Crippen molar-refractivity contribution in [1.82, 2.24) is 4.90 Å². The molecule has 1 unspecified atom stereocenters. The number of nitrogens with zero attached hydrogens (tertiary/aromatic N) is 2. The maximum atomic E-state index is 13.0. The van der Waals surface area contributed by atoms with Gasteiger partial charge in [-0.1, -0.05) is 24.3 Å². The Balaban J connectivity index is 1.70. The standard InChI is InChI=1S/C22H28N2O3/c1-23(2)19-9-5-18(6-10-19)15-24(16-21-4-3-13-27-21)22(26)14-17-7-11-20(25)12-8-17/h5-12,21,25H,3-4,13-16H2,1-2H3. The molecule has 0 bridgehead atoms. The molecule has 1 amide bonds. The fourth-order valence-corrected chi connectivity index (χ4v) is 3.31. The predicted octanol–water partition coefficient (Wildman–Crippen LogP) is 3.21. The highest BCUT2D eigenvalue weighted by atomic mass is 16.5. The molecule has 1 fully saturated rings. The van der Waals surface area contributed by atoms with Crippen molar-refractivity contribution >= 4 is 11.6 Å².